The summed E-state index contributed by atoms with van der Waals surface area (Å²) in [6, 6.07) is 9.26. The fraction of sp³-hybridized carbons (Fsp3) is 0.0588. The third-order valence-electron chi connectivity index (χ3n) is 3.15. The van der Waals surface area contributed by atoms with Crippen molar-refractivity contribution in [3.63, 3.8) is 0 Å². The largest absolute Gasteiger partial charge is 0.454 e. The van der Waals surface area contributed by atoms with Crippen LogP contribution in [0.4, 0.5) is 4.39 Å². The van der Waals surface area contributed by atoms with E-state index in [1.165, 1.54) is 18.2 Å². The Labute approximate surface area is 126 Å². The van der Waals surface area contributed by atoms with Crippen molar-refractivity contribution in [2.45, 2.75) is 6.92 Å². The van der Waals surface area contributed by atoms with Gasteiger partial charge < -0.3 is 9.72 Å². The second-order valence-electron chi connectivity index (χ2n) is 4.88. The Kier molecular flexibility index (Phi) is 3.70. The van der Waals surface area contributed by atoms with Crippen LogP contribution in [0.15, 0.2) is 48.8 Å². The van der Waals surface area contributed by atoms with Crippen molar-refractivity contribution in [2.75, 3.05) is 0 Å². The molecule has 0 spiro atoms. The summed E-state index contributed by atoms with van der Waals surface area (Å²) in [5.74, 6) is -0.0803. The molecule has 0 radical (unpaired) electrons. The Morgan fingerprint density at radius 1 is 1.23 bits per heavy atom. The van der Waals surface area contributed by atoms with Crippen LogP contribution in [-0.2, 0) is 0 Å². The standard InChI is InChI=1S/C17H13FN2O2/c1-11-6-15(20-9-11)16-8-13(4-5-19-16)22-17-7-12(10-21)2-3-14(17)18/h2-10,20H,1H3. The first-order valence-corrected chi connectivity index (χ1v) is 6.70. The molecule has 3 aromatic rings. The van der Waals surface area contributed by atoms with Gasteiger partial charge in [0.25, 0.3) is 0 Å². The van der Waals surface area contributed by atoms with E-state index in [-0.39, 0.29) is 5.75 Å². The van der Waals surface area contributed by atoms with Crippen molar-refractivity contribution >= 4 is 6.29 Å². The van der Waals surface area contributed by atoms with Crippen LogP contribution in [0.2, 0.25) is 0 Å². The minimum Gasteiger partial charge on any atom is -0.454 e. The van der Waals surface area contributed by atoms with Gasteiger partial charge in [0.15, 0.2) is 11.6 Å². The van der Waals surface area contributed by atoms with E-state index in [1.54, 1.807) is 18.3 Å². The van der Waals surface area contributed by atoms with Gasteiger partial charge in [0.2, 0.25) is 0 Å². The number of ether oxygens (including phenoxy) is 1. The molecule has 0 fully saturated rings. The highest BCUT2D eigenvalue weighted by Gasteiger charge is 2.08. The van der Waals surface area contributed by atoms with Gasteiger partial charge in [0.1, 0.15) is 12.0 Å². The van der Waals surface area contributed by atoms with Crippen molar-refractivity contribution in [3.8, 4) is 22.9 Å². The SMILES string of the molecule is Cc1c[nH]c(-c2cc(Oc3cc(C=O)ccc3F)ccn2)c1. The second-order valence-corrected chi connectivity index (χ2v) is 4.88. The number of rotatable bonds is 4. The number of hydrogen-bond acceptors (Lipinski definition) is 3. The first kappa shape index (κ1) is 14.0. The Bertz CT molecular complexity index is 827. The van der Waals surface area contributed by atoms with Gasteiger partial charge in [-0.05, 0) is 42.8 Å². The Morgan fingerprint density at radius 3 is 2.82 bits per heavy atom. The highest BCUT2D eigenvalue weighted by Crippen LogP contribution is 2.27. The molecule has 0 bridgehead atoms. The number of benzene rings is 1. The molecular formula is C17H13FN2O2. The van der Waals surface area contributed by atoms with Crippen molar-refractivity contribution in [2.24, 2.45) is 0 Å². The van der Waals surface area contributed by atoms with Crippen molar-refractivity contribution in [3.05, 3.63) is 65.7 Å². The summed E-state index contributed by atoms with van der Waals surface area (Å²) < 4.78 is 19.3. The first-order chi connectivity index (χ1) is 10.7. The number of aldehydes is 1. The summed E-state index contributed by atoms with van der Waals surface area (Å²) in [5, 5.41) is 0. The minimum absolute atomic E-state index is 0.00409. The molecule has 2 aromatic heterocycles. The summed E-state index contributed by atoms with van der Waals surface area (Å²) in [7, 11) is 0. The number of carbonyl (C=O) groups is 1. The third-order valence-corrected chi connectivity index (χ3v) is 3.15. The normalized spacial score (nSPS) is 10.5. The van der Waals surface area contributed by atoms with E-state index in [1.807, 2.05) is 19.2 Å². The number of aryl methyl sites for hydroxylation is 1. The summed E-state index contributed by atoms with van der Waals surface area (Å²) in [5.41, 5.74) is 2.99. The molecule has 0 amide bonds. The molecule has 22 heavy (non-hydrogen) atoms. The van der Waals surface area contributed by atoms with E-state index in [0.29, 0.717) is 23.3 Å². The van der Waals surface area contributed by atoms with Crippen LogP contribution in [0.3, 0.4) is 0 Å². The Morgan fingerprint density at radius 2 is 2.09 bits per heavy atom. The predicted molar refractivity (Wildman–Crippen MR) is 80.6 cm³/mol. The monoisotopic (exact) mass is 296 g/mol. The van der Waals surface area contributed by atoms with Crippen molar-refractivity contribution < 1.29 is 13.9 Å². The smallest absolute Gasteiger partial charge is 0.165 e. The van der Waals surface area contributed by atoms with E-state index in [4.69, 9.17) is 4.74 Å². The fourth-order valence-electron chi connectivity index (χ4n) is 2.07. The third kappa shape index (κ3) is 2.88. The number of halogens is 1. The molecule has 1 N–H and O–H groups in total. The molecule has 3 rings (SSSR count). The maximum Gasteiger partial charge on any atom is 0.165 e. The number of nitrogens with zero attached hydrogens (tertiary/aromatic N) is 1. The van der Waals surface area contributed by atoms with Crippen LogP contribution in [-0.4, -0.2) is 16.3 Å². The van der Waals surface area contributed by atoms with Gasteiger partial charge in [-0.25, -0.2) is 4.39 Å². The molecule has 0 atom stereocenters. The maximum atomic E-state index is 13.8. The summed E-state index contributed by atoms with van der Waals surface area (Å²) in [4.78, 5) is 18.1. The molecule has 0 aliphatic carbocycles. The maximum absolute atomic E-state index is 13.8. The summed E-state index contributed by atoms with van der Waals surface area (Å²) in [6.45, 7) is 1.97. The molecule has 2 heterocycles. The van der Waals surface area contributed by atoms with E-state index >= 15 is 0 Å². The number of aromatic amines is 1. The first-order valence-electron chi connectivity index (χ1n) is 6.70. The quantitative estimate of drug-likeness (QED) is 0.736. The molecule has 0 saturated heterocycles. The lowest BCUT2D eigenvalue weighted by molar-refractivity contribution is 0.112. The Hall–Kier alpha value is -2.95. The minimum atomic E-state index is -0.528. The topological polar surface area (TPSA) is 55.0 Å². The second kappa shape index (κ2) is 5.81. The van der Waals surface area contributed by atoms with Crippen molar-refractivity contribution in [1.82, 2.24) is 9.97 Å². The highest BCUT2D eigenvalue weighted by atomic mass is 19.1. The van der Waals surface area contributed by atoms with Gasteiger partial charge in [-0.15, -0.1) is 0 Å². The fourth-order valence-corrected chi connectivity index (χ4v) is 2.07. The number of aromatic nitrogens is 2. The number of carbonyl (C=O) groups excluding carboxylic acids is 1. The zero-order chi connectivity index (χ0) is 15.5. The lowest BCUT2D eigenvalue weighted by Crippen LogP contribution is -1.92. The van der Waals surface area contributed by atoms with Crippen LogP contribution in [0, 0.1) is 12.7 Å². The van der Waals surface area contributed by atoms with Crippen LogP contribution >= 0.6 is 0 Å². The summed E-state index contributed by atoms with van der Waals surface area (Å²) in [6.07, 6.45) is 4.10. The molecule has 0 unspecified atom stereocenters. The number of hydrogen-bond donors (Lipinski definition) is 1. The van der Waals surface area contributed by atoms with E-state index in [2.05, 4.69) is 9.97 Å². The molecule has 0 saturated carbocycles. The van der Waals surface area contributed by atoms with Crippen LogP contribution in [0.1, 0.15) is 15.9 Å². The van der Waals surface area contributed by atoms with E-state index < -0.39 is 5.82 Å². The van der Waals surface area contributed by atoms with Gasteiger partial charge in [-0.2, -0.15) is 0 Å². The molecule has 110 valence electrons. The van der Waals surface area contributed by atoms with Gasteiger partial charge in [0.05, 0.1) is 11.4 Å². The molecule has 0 aliphatic heterocycles. The molecule has 1 aromatic carbocycles. The van der Waals surface area contributed by atoms with Gasteiger partial charge in [-0.3, -0.25) is 9.78 Å². The average molecular weight is 296 g/mol. The van der Waals surface area contributed by atoms with E-state index in [9.17, 15) is 9.18 Å². The van der Waals surface area contributed by atoms with Crippen LogP contribution < -0.4 is 4.74 Å². The van der Waals surface area contributed by atoms with Crippen LogP contribution in [0.5, 0.6) is 11.5 Å². The molecule has 4 nitrogen and oxygen atoms in total. The number of H-pyrrole nitrogens is 1. The molecular weight excluding hydrogens is 283 g/mol. The Balaban J connectivity index is 1.92. The predicted octanol–water partition coefficient (Wildman–Crippen LogP) is 4.13. The number of nitrogens with one attached hydrogen (secondary N) is 1. The van der Waals surface area contributed by atoms with Crippen molar-refractivity contribution in [1.29, 1.82) is 0 Å². The molecule has 0 aliphatic rings. The lowest BCUT2D eigenvalue weighted by Gasteiger charge is -2.08. The van der Waals surface area contributed by atoms with Gasteiger partial charge in [-0.1, -0.05) is 0 Å². The summed E-state index contributed by atoms with van der Waals surface area (Å²) >= 11 is 0. The highest BCUT2D eigenvalue weighted by molar-refractivity contribution is 5.75. The number of pyridine rings is 1. The lowest BCUT2D eigenvalue weighted by atomic mass is 10.2. The van der Waals surface area contributed by atoms with Gasteiger partial charge >= 0.3 is 0 Å². The van der Waals surface area contributed by atoms with Crippen LogP contribution in [0.25, 0.3) is 11.4 Å². The zero-order valence-corrected chi connectivity index (χ0v) is 11.8. The zero-order valence-electron chi connectivity index (χ0n) is 11.8. The average Bonchev–Trinajstić information content (AvgIpc) is 2.96. The van der Waals surface area contributed by atoms with Gasteiger partial charge in [0, 0.05) is 24.0 Å². The molecule has 5 heteroatoms. The van der Waals surface area contributed by atoms with E-state index in [0.717, 1.165) is 11.3 Å².